The first-order valence-corrected chi connectivity index (χ1v) is 6.19. The highest BCUT2D eigenvalue weighted by Crippen LogP contribution is 1.93. The van der Waals surface area contributed by atoms with Gasteiger partial charge in [-0.05, 0) is 12.8 Å². The van der Waals surface area contributed by atoms with Gasteiger partial charge in [0.15, 0.2) is 5.84 Å². The summed E-state index contributed by atoms with van der Waals surface area (Å²) in [4.78, 5) is 0. The summed E-state index contributed by atoms with van der Waals surface area (Å²) >= 11 is 0. The van der Waals surface area contributed by atoms with Crippen LogP contribution >= 0.6 is 0 Å². The zero-order valence-electron chi connectivity index (χ0n) is 8.90. The van der Waals surface area contributed by atoms with E-state index in [9.17, 15) is 8.42 Å². The lowest BCUT2D eigenvalue weighted by Crippen LogP contribution is -2.48. The first-order chi connectivity index (χ1) is 6.96. The lowest BCUT2D eigenvalue weighted by Gasteiger charge is -2.15. The van der Waals surface area contributed by atoms with Gasteiger partial charge in [0, 0.05) is 6.54 Å². The van der Waals surface area contributed by atoms with Crippen molar-refractivity contribution in [2.24, 2.45) is 10.9 Å². The Bertz CT molecular complexity index is 301. The standard InChI is InChI=1S/C7H18N4O3S/c1-3-5-9-15(13,14)11-6(4-2)7(8)10-12/h6,9,11-12H,3-5H2,1-2H3,(H2,8,10). The number of nitrogens with one attached hydrogen (secondary N) is 2. The van der Waals surface area contributed by atoms with Crippen molar-refractivity contribution in [3.63, 3.8) is 0 Å². The van der Waals surface area contributed by atoms with Crippen LogP contribution in [0.4, 0.5) is 0 Å². The molecule has 0 aliphatic heterocycles. The van der Waals surface area contributed by atoms with Gasteiger partial charge in [-0.15, -0.1) is 0 Å². The quantitative estimate of drug-likeness (QED) is 0.204. The molecule has 90 valence electrons. The Morgan fingerprint density at radius 1 is 1.53 bits per heavy atom. The zero-order valence-corrected chi connectivity index (χ0v) is 9.71. The molecule has 0 aromatic heterocycles. The van der Waals surface area contributed by atoms with Gasteiger partial charge >= 0.3 is 0 Å². The molecule has 0 aromatic carbocycles. The van der Waals surface area contributed by atoms with E-state index in [2.05, 4.69) is 14.6 Å². The Morgan fingerprint density at radius 3 is 2.53 bits per heavy atom. The van der Waals surface area contributed by atoms with E-state index in [0.29, 0.717) is 19.4 Å². The maximum Gasteiger partial charge on any atom is 0.277 e. The van der Waals surface area contributed by atoms with Gasteiger partial charge in [-0.3, -0.25) is 0 Å². The lowest BCUT2D eigenvalue weighted by atomic mass is 10.2. The van der Waals surface area contributed by atoms with E-state index in [1.165, 1.54) is 0 Å². The molecule has 0 bridgehead atoms. The van der Waals surface area contributed by atoms with E-state index < -0.39 is 16.3 Å². The second-order valence-corrected chi connectivity index (χ2v) is 4.53. The normalized spacial score (nSPS) is 15.2. The third-order valence-electron chi connectivity index (χ3n) is 1.72. The van der Waals surface area contributed by atoms with Gasteiger partial charge in [-0.2, -0.15) is 13.1 Å². The summed E-state index contributed by atoms with van der Waals surface area (Å²) in [6.07, 6.45) is 1.10. The van der Waals surface area contributed by atoms with Crippen LogP contribution in [0.5, 0.6) is 0 Å². The van der Waals surface area contributed by atoms with Crippen molar-refractivity contribution < 1.29 is 13.6 Å². The number of hydrogen-bond acceptors (Lipinski definition) is 4. The Morgan fingerprint density at radius 2 is 2.13 bits per heavy atom. The maximum absolute atomic E-state index is 11.4. The fourth-order valence-electron chi connectivity index (χ4n) is 0.888. The van der Waals surface area contributed by atoms with Crippen LogP contribution in [0.3, 0.4) is 0 Å². The molecule has 0 aliphatic rings. The molecule has 0 saturated heterocycles. The average molecular weight is 238 g/mol. The van der Waals surface area contributed by atoms with E-state index in [-0.39, 0.29) is 5.84 Å². The molecule has 0 aromatic rings. The average Bonchev–Trinajstić information content (AvgIpc) is 2.22. The van der Waals surface area contributed by atoms with Gasteiger partial charge in [0.05, 0.1) is 6.04 Å². The topological polar surface area (TPSA) is 117 Å². The van der Waals surface area contributed by atoms with Crippen LogP contribution in [0, 0.1) is 0 Å². The molecule has 0 radical (unpaired) electrons. The maximum atomic E-state index is 11.4. The van der Waals surface area contributed by atoms with Crippen LogP contribution in [-0.2, 0) is 10.2 Å². The largest absolute Gasteiger partial charge is 0.409 e. The zero-order chi connectivity index (χ0) is 11.9. The van der Waals surface area contributed by atoms with Crippen LogP contribution in [0.2, 0.25) is 0 Å². The SMILES string of the molecule is CCCNS(=O)(=O)NC(CC)C(N)=NO. The van der Waals surface area contributed by atoms with Gasteiger partial charge in [-0.1, -0.05) is 19.0 Å². The molecule has 0 saturated carbocycles. The highest BCUT2D eigenvalue weighted by molar-refractivity contribution is 7.87. The molecule has 1 unspecified atom stereocenters. The number of nitrogens with two attached hydrogens (primary N) is 1. The summed E-state index contributed by atoms with van der Waals surface area (Å²) in [5.74, 6) is -0.153. The van der Waals surface area contributed by atoms with Gasteiger partial charge in [0.1, 0.15) is 0 Å². The predicted octanol–water partition coefficient (Wildman–Crippen LogP) is -0.655. The second kappa shape index (κ2) is 6.59. The van der Waals surface area contributed by atoms with E-state index >= 15 is 0 Å². The van der Waals surface area contributed by atoms with Gasteiger partial charge in [-0.25, -0.2) is 4.72 Å². The summed E-state index contributed by atoms with van der Waals surface area (Å²) in [6.45, 7) is 3.93. The summed E-state index contributed by atoms with van der Waals surface area (Å²) in [5.41, 5.74) is 5.31. The van der Waals surface area contributed by atoms with Gasteiger partial charge in [0.25, 0.3) is 10.2 Å². The molecular weight excluding hydrogens is 220 g/mol. The summed E-state index contributed by atoms with van der Waals surface area (Å²) < 4.78 is 27.3. The fraction of sp³-hybridized carbons (Fsp3) is 0.857. The molecule has 15 heavy (non-hydrogen) atoms. The Kier molecular flexibility index (Phi) is 6.21. The van der Waals surface area contributed by atoms with Crippen LogP contribution in [-0.4, -0.2) is 32.0 Å². The molecule has 5 N–H and O–H groups in total. The van der Waals surface area contributed by atoms with Crippen molar-refractivity contribution in [1.82, 2.24) is 9.44 Å². The van der Waals surface area contributed by atoms with E-state index in [0.717, 1.165) is 0 Å². The van der Waals surface area contributed by atoms with E-state index in [4.69, 9.17) is 10.9 Å². The lowest BCUT2D eigenvalue weighted by molar-refractivity contribution is 0.315. The van der Waals surface area contributed by atoms with Crippen molar-refractivity contribution in [3.05, 3.63) is 0 Å². The van der Waals surface area contributed by atoms with E-state index in [1.807, 2.05) is 6.92 Å². The minimum absolute atomic E-state index is 0.153. The molecular formula is C7H18N4O3S. The van der Waals surface area contributed by atoms with Crippen LogP contribution in [0.25, 0.3) is 0 Å². The van der Waals surface area contributed by atoms with Crippen molar-refractivity contribution >= 4 is 16.0 Å². The summed E-state index contributed by atoms with van der Waals surface area (Å²) in [7, 11) is -3.58. The minimum atomic E-state index is -3.58. The predicted molar refractivity (Wildman–Crippen MR) is 57.8 cm³/mol. The molecule has 8 heteroatoms. The monoisotopic (exact) mass is 238 g/mol. The first kappa shape index (κ1) is 14.1. The van der Waals surface area contributed by atoms with Crippen molar-refractivity contribution in [3.8, 4) is 0 Å². The molecule has 0 rings (SSSR count). The van der Waals surface area contributed by atoms with Gasteiger partial charge in [0.2, 0.25) is 0 Å². The molecule has 7 nitrogen and oxygen atoms in total. The van der Waals surface area contributed by atoms with Crippen LogP contribution in [0.15, 0.2) is 5.16 Å². The number of hydrogen-bond donors (Lipinski definition) is 4. The number of amidine groups is 1. The third kappa shape index (κ3) is 5.55. The Hall–Kier alpha value is -0.860. The highest BCUT2D eigenvalue weighted by Gasteiger charge is 2.18. The first-order valence-electron chi connectivity index (χ1n) is 4.71. The second-order valence-electron chi connectivity index (χ2n) is 3.00. The van der Waals surface area contributed by atoms with Crippen LogP contribution in [0.1, 0.15) is 26.7 Å². The molecule has 1 atom stereocenters. The minimum Gasteiger partial charge on any atom is -0.409 e. The Labute approximate surface area is 89.9 Å². The van der Waals surface area contributed by atoms with Gasteiger partial charge < -0.3 is 10.9 Å². The molecule has 0 amide bonds. The summed E-state index contributed by atoms with van der Waals surface area (Å²) in [5, 5.41) is 11.2. The van der Waals surface area contributed by atoms with Crippen molar-refractivity contribution in [1.29, 1.82) is 0 Å². The fourth-order valence-corrected chi connectivity index (χ4v) is 2.11. The number of nitrogens with zero attached hydrogens (tertiary/aromatic N) is 1. The third-order valence-corrected chi connectivity index (χ3v) is 2.90. The highest BCUT2D eigenvalue weighted by atomic mass is 32.2. The van der Waals surface area contributed by atoms with Crippen molar-refractivity contribution in [2.45, 2.75) is 32.7 Å². The number of oxime groups is 1. The molecule has 0 spiro atoms. The number of rotatable bonds is 7. The smallest absolute Gasteiger partial charge is 0.277 e. The Balaban J connectivity index is 4.41. The van der Waals surface area contributed by atoms with Crippen molar-refractivity contribution in [2.75, 3.05) is 6.54 Å². The van der Waals surface area contributed by atoms with E-state index in [1.54, 1.807) is 6.92 Å². The molecule has 0 fully saturated rings. The van der Waals surface area contributed by atoms with Crippen LogP contribution < -0.4 is 15.2 Å². The molecule has 0 heterocycles. The summed E-state index contributed by atoms with van der Waals surface area (Å²) in [6, 6.07) is -0.690. The molecule has 0 aliphatic carbocycles.